The second-order valence-electron chi connectivity index (χ2n) is 4.83. The minimum absolute atomic E-state index is 0.0441. The molecule has 0 aromatic heterocycles. The maximum atomic E-state index is 12.4. The highest BCUT2D eigenvalue weighted by Gasteiger charge is 2.19. The molecule has 1 atom stereocenters. The molecule has 1 unspecified atom stereocenters. The first-order chi connectivity index (χ1) is 8.76. The van der Waals surface area contributed by atoms with Crippen LogP contribution in [0.5, 0.6) is 0 Å². The predicted molar refractivity (Wildman–Crippen MR) is 75.3 cm³/mol. The molecule has 3 heteroatoms. The third-order valence-corrected chi connectivity index (χ3v) is 3.47. The lowest BCUT2D eigenvalue weighted by Gasteiger charge is -2.15. The maximum Gasteiger partial charge on any atom is 0.179 e. The Hall–Kier alpha value is -1.35. The molecule has 98 valence electrons. The van der Waals surface area contributed by atoms with Gasteiger partial charge in [-0.05, 0) is 49.6 Å². The summed E-state index contributed by atoms with van der Waals surface area (Å²) in [6, 6.07) is 5.98. The van der Waals surface area contributed by atoms with Crippen molar-refractivity contribution in [2.45, 2.75) is 39.2 Å². The summed E-state index contributed by atoms with van der Waals surface area (Å²) in [6.07, 6.45) is 2.92. The van der Waals surface area contributed by atoms with Crippen LogP contribution in [0.2, 0.25) is 0 Å². The molecule has 0 fully saturated rings. The standard InChI is InChI=1S/C15H22N2O/c1-3-8-16-13(4-2)15(18)12-5-6-14-11(10-12)7-9-17-14/h5-6,10,13,16-17H,3-4,7-9H2,1-2H3. The molecule has 3 nitrogen and oxygen atoms in total. The van der Waals surface area contributed by atoms with E-state index in [1.807, 2.05) is 18.2 Å². The molecule has 0 radical (unpaired) electrons. The van der Waals surface area contributed by atoms with Gasteiger partial charge in [0.1, 0.15) is 0 Å². The number of carbonyl (C=O) groups is 1. The number of nitrogens with one attached hydrogen (secondary N) is 2. The summed E-state index contributed by atoms with van der Waals surface area (Å²) in [6.45, 7) is 6.06. The van der Waals surface area contributed by atoms with Gasteiger partial charge >= 0.3 is 0 Å². The predicted octanol–water partition coefficient (Wildman–Crippen LogP) is 2.62. The fraction of sp³-hybridized carbons (Fsp3) is 0.533. The van der Waals surface area contributed by atoms with Gasteiger partial charge in [0.25, 0.3) is 0 Å². The Kier molecular flexibility index (Phi) is 4.37. The number of ketones is 1. The van der Waals surface area contributed by atoms with E-state index in [2.05, 4.69) is 24.5 Å². The number of benzene rings is 1. The monoisotopic (exact) mass is 246 g/mol. The summed E-state index contributed by atoms with van der Waals surface area (Å²) in [5.41, 5.74) is 3.29. The molecule has 0 spiro atoms. The molecule has 0 amide bonds. The number of fused-ring (bicyclic) bond motifs is 1. The zero-order valence-corrected chi connectivity index (χ0v) is 11.3. The third kappa shape index (κ3) is 2.72. The van der Waals surface area contributed by atoms with Crippen molar-refractivity contribution in [2.24, 2.45) is 0 Å². The lowest BCUT2D eigenvalue weighted by molar-refractivity contribution is 0.0940. The third-order valence-electron chi connectivity index (χ3n) is 3.47. The molecule has 0 saturated heterocycles. The molecule has 2 rings (SSSR count). The minimum atomic E-state index is -0.0441. The first-order valence-corrected chi connectivity index (χ1v) is 6.90. The Morgan fingerprint density at radius 1 is 1.44 bits per heavy atom. The fourth-order valence-corrected chi connectivity index (χ4v) is 2.40. The molecule has 1 aromatic carbocycles. The van der Waals surface area contributed by atoms with Gasteiger partial charge in [0.05, 0.1) is 6.04 Å². The van der Waals surface area contributed by atoms with E-state index in [0.29, 0.717) is 0 Å². The SMILES string of the molecule is CCCNC(CC)C(=O)c1ccc2c(c1)CCN2. The number of Topliss-reactive ketones (excluding diaryl/α,β-unsaturated/α-hetero) is 1. The molecular formula is C15H22N2O. The zero-order chi connectivity index (χ0) is 13.0. The van der Waals surface area contributed by atoms with Crippen LogP contribution in [0.1, 0.15) is 42.6 Å². The van der Waals surface area contributed by atoms with Crippen molar-refractivity contribution >= 4 is 11.5 Å². The number of hydrogen-bond acceptors (Lipinski definition) is 3. The van der Waals surface area contributed by atoms with Crippen molar-refractivity contribution in [1.29, 1.82) is 0 Å². The first kappa shape index (κ1) is 13.1. The summed E-state index contributed by atoms with van der Waals surface area (Å²) < 4.78 is 0. The Morgan fingerprint density at radius 2 is 2.28 bits per heavy atom. The van der Waals surface area contributed by atoms with E-state index >= 15 is 0 Å². The quantitative estimate of drug-likeness (QED) is 0.758. The van der Waals surface area contributed by atoms with Crippen LogP contribution in [0.25, 0.3) is 0 Å². The number of carbonyl (C=O) groups excluding carboxylic acids is 1. The lowest BCUT2D eigenvalue weighted by atomic mass is 9.99. The van der Waals surface area contributed by atoms with Gasteiger partial charge in [-0.1, -0.05) is 13.8 Å². The van der Waals surface area contributed by atoms with Gasteiger partial charge in [0.15, 0.2) is 5.78 Å². The van der Waals surface area contributed by atoms with Gasteiger partial charge < -0.3 is 10.6 Å². The van der Waals surface area contributed by atoms with E-state index in [4.69, 9.17) is 0 Å². The van der Waals surface area contributed by atoms with E-state index in [1.54, 1.807) is 0 Å². The molecule has 0 saturated carbocycles. The van der Waals surface area contributed by atoms with E-state index < -0.39 is 0 Å². The van der Waals surface area contributed by atoms with E-state index in [1.165, 1.54) is 11.3 Å². The average Bonchev–Trinajstić information content (AvgIpc) is 2.86. The van der Waals surface area contributed by atoms with Gasteiger partial charge in [-0.2, -0.15) is 0 Å². The van der Waals surface area contributed by atoms with Crippen molar-refractivity contribution in [2.75, 3.05) is 18.4 Å². The Balaban J connectivity index is 2.12. The topological polar surface area (TPSA) is 41.1 Å². The zero-order valence-electron chi connectivity index (χ0n) is 11.3. The molecule has 1 heterocycles. The number of hydrogen-bond donors (Lipinski definition) is 2. The van der Waals surface area contributed by atoms with Gasteiger partial charge in [-0.3, -0.25) is 4.79 Å². The Bertz CT molecular complexity index is 429. The minimum Gasteiger partial charge on any atom is -0.384 e. The molecule has 0 aliphatic carbocycles. The number of anilines is 1. The van der Waals surface area contributed by atoms with Gasteiger partial charge in [-0.25, -0.2) is 0 Å². The van der Waals surface area contributed by atoms with E-state index in [9.17, 15) is 4.79 Å². The van der Waals surface area contributed by atoms with Gasteiger partial charge in [0, 0.05) is 17.8 Å². The van der Waals surface area contributed by atoms with Crippen LogP contribution < -0.4 is 10.6 Å². The van der Waals surface area contributed by atoms with Gasteiger partial charge in [-0.15, -0.1) is 0 Å². The highest BCUT2D eigenvalue weighted by molar-refractivity contribution is 6.00. The Labute approximate surface area is 109 Å². The molecule has 18 heavy (non-hydrogen) atoms. The first-order valence-electron chi connectivity index (χ1n) is 6.90. The van der Waals surface area contributed by atoms with Crippen molar-refractivity contribution in [1.82, 2.24) is 5.32 Å². The Morgan fingerprint density at radius 3 is 3.00 bits per heavy atom. The van der Waals surface area contributed by atoms with E-state index in [-0.39, 0.29) is 11.8 Å². The number of rotatable bonds is 6. The summed E-state index contributed by atoms with van der Waals surface area (Å²) >= 11 is 0. The summed E-state index contributed by atoms with van der Waals surface area (Å²) in [5, 5.41) is 6.64. The van der Waals surface area contributed by atoms with Crippen molar-refractivity contribution in [3.8, 4) is 0 Å². The molecule has 0 bridgehead atoms. The van der Waals surface area contributed by atoms with Crippen LogP contribution in [0.15, 0.2) is 18.2 Å². The van der Waals surface area contributed by atoms with Crippen LogP contribution >= 0.6 is 0 Å². The van der Waals surface area contributed by atoms with Crippen LogP contribution in [-0.2, 0) is 6.42 Å². The van der Waals surface area contributed by atoms with Crippen LogP contribution in [-0.4, -0.2) is 24.9 Å². The fourth-order valence-electron chi connectivity index (χ4n) is 2.40. The second kappa shape index (κ2) is 6.01. The largest absolute Gasteiger partial charge is 0.384 e. The lowest BCUT2D eigenvalue weighted by Crippen LogP contribution is -2.36. The van der Waals surface area contributed by atoms with Crippen LogP contribution in [0, 0.1) is 0 Å². The molecular weight excluding hydrogens is 224 g/mol. The molecule has 2 N–H and O–H groups in total. The highest BCUT2D eigenvalue weighted by atomic mass is 16.1. The van der Waals surface area contributed by atoms with Crippen LogP contribution in [0.4, 0.5) is 5.69 Å². The maximum absolute atomic E-state index is 12.4. The van der Waals surface area contributed by atoms with Crippen LogP contribution in [0.3, 0.4) is 0 Å². The van der Waals surface area contributed by atoms with E-state index in [0.717, 1.165) is 37.9 Å². The summed E-state index contributed by atoms with van der Waals surface area (Å²) in [7, 11) is 0. The second-order valence-corrected chi connectivity index (χ2v) is 4.83. The summed E-state index contributed by atoms with van der Waals surface area (Å²) in [4.78, 5) is 12.4. The normalized spacial score (nSPS) is 15.0. The van der Waals surface area contributed by atoms with Gasteiger partial charge in [0.2, 0.25) is 0 Å². The van der Waals surface area contributed by atoms with Crippen molar-refractivity contribution in [3.63, 3.8) is 0 Å². The van der Waals surface area contributed by atoms with Crippen molar-refractivity contribution in [3.05, 3.63) is 29.3 Å². The van der Waals surface area contributed by atoms with Crippen molar-refractivity contribution < 1.29 is 4.79 Å². The molecule has 1 aliphatic rings. The smallest absolute Gasteiger partial charge is 0.179 e. The highest BCUT2D eigenvalue weighted by Crippen LogP contribution is 2.23. The average molecular weight is 246 g/mol. The summed E-state index contributed by atoms with van der Waals surface area (Å²) in [5.74, 6) is 0.223. The molecule has 1 aliphatic heterocycles. The molecule has 1 aromatic rings.